The van der Waals surface area contributed by atoms with Crippen LogP contribution in [0.5, 0.6) is 11.5 Å². The Morgan fingerprint density at radius 3 is 3.00 bits per heavy atom. The van der Waals surface area contributed by atoms with Gasteiger partial charge >= 0.3 is 0 Å². The third kappa shape index (κ3) is 2.09. The van der Waals surface area contributed by atoms with Crippen molar-refractivity contribution in [2.45, 2.75) is 25.3 Å². The molecule has 1 aromatic rings. The molecule has 3 nitrogen and oxygen atoms in total. The van der Waals surface area contributed by atoms with E-state index >= 15 is 0 Å². The van der Waals surface area contributed by atoms with Crippen LogP contribution < -0.4 is 14.8 Å². The highest BCUT2D eigenvalue weighted by Gasteiger charge is 2.22. The number of nitrogens with one attached hydrogen (secondary N) is 1. The van der Waals surface area contributed by atoms with Crippen LogP contribution in [-0.4, -0.2) is 25.8 Å². The lowest BCUT2D eigenvalue weighted by Gasteiger charge is -2.20. The molecule has 0 amide bonds. The molecule has 1 unspecified atom stereocenters. The molecule has 3 rings (SSSR count). The second-order valence-corrected chi connectivity index (χ2v) is 4.56. The summed E-state index contributed by atoms with van der Waals surface area (Å²) >= 11 is 0. The van der Waals surface area contributed by atoms with E-state index in [9.17, 15) is 4.39 Å². The molecule has 0 bridgehead atoms. The van der Waals surface area contributed by atoms with Crippen LogP contribution in [0.3, 0.4) is 0 Å². The molecule has 0 spiro atoms. The van der Waals surface area contributed by atoms with E-state index in [0.29, 0.717) is 30.6 Å². The summed E-state index contributed by atoms with van der Waals surface area (Å²) in [6.45, 7) is 1.96. The standard InChI is InChI=1S/C13H16FNO2/c14-12-9(8-10-2-1-5-15-10)3-4-11-13(12)17-7-6-16-11/h3-4,10,15H,1-2,5-8H2. The zero-order chi connectivity index (χ0) is 11.7. The maximum absolute atomic E-state index is 14.2. The van der Waals surface area contributed by atoms with Gasteiger partial charge in [0, 0.05) is 6.04 Å². The Kier molecular flexibility index (Phi) is 2.89. The van der Waals surface area contributed by atoms with Gasteiger partial charge in [0.1, 0.15) is 13.2 Å². The Hall–Kier alpha value is -1.29. The van der Waals surface area contributed by atoms with Gasteiger partial charge in [-0.1, -0.05) is 6.07 Å². The van der Waals surface area contributed by atoms with E-state index in [-0.39, 0.29) is 11.6 Å². The summed E-state index contributed by atoms with van der Waals surface area (Å²) in [7, 11) is 0. The van der Waals surface area contributed by atoms with E-state index in [1.807, 2.05) is 12.1 Å². The van der Waals surface area contributed by atoms with Crippen molar-refractivity contribution in [3.05, 3.63) is 23.5 Å². The van der Waals surface area contributed by atoms with E-state index in [4.69, 9.17) is 9.47 Å². The van der Waals surface area contributed by atoms with Gasteiger partial charge in [-0.2, -0.15) is 0 Å². The third-order valence-corrected chi connectivity index (χ3v) is 3.36. The molecule has 1 atom stereocenters. The Morgan fingerprint density at radius 2 is 2.18 bits per heavy atom. The lowest BCUT2D eigenvalue weighted by atomic mass is 10.0. The average Bonchev–Trinajstić information content (AvgIpc) is 2.86. The molecule has 2 heterocycles. The largest absolute Gasteiger partial charge is 0.486 e. The Labute approximate surface area is 99.9 Å². The number of fused-ring (bicyclic) bond motifs is 1. The summed E-state index contributed by atoms with van der Waals surface area (Å²) in [5, 5.41) is 3.37. The van der Waals surface area contributed by atoms with Gasteiger partial charge < -0.3 is 14.8 Å². The Bertz CT molecular complexity index is 416. The molecule has 1 saturated heterocycles. The first-order chi connectivity index (χ1) is 8.34. The molecule has 2 aliphatic heterocycles. The fourth-order valence-electron chi connectivity index (χ4n) is 2.48. The van der Waals surface area contributed by atoms with Crippen molar-refractivity contribution in [2.75, 3.05) is 19.8 Å². The normalized spacial score (nSPS) is 22.8. The van der Waals surface area contributed by atoms with Gasteiger partial charge in [-0.25, -0.2) is 4.39 Å². The van der Waals surface area contributed by atoms with Crippen molar-refractivity contribution in [1.82, 2.24) is 5.32 Å². The predicted molar refractivity (Wildman–Crippen MR) is 62.1 cm³/mol. The Morgan fingerprint density at radius 1 is 1.29 bits per heavy atom. The van der Waals surface area contributed by atoms with Crippen LogP contribution in [0, 0.1) is 5.82 Å². The molecule has 17 heavy (non-hydrogen) atoms. The SMILES string of the molecule is Fc1c(CC2CCCN2)ccc2c1OCCO2. The molecular formula is C13H16FNO2. The van der Waals surface area contributed by atoms with Crippen molar-refractivity contribution in [3.63, 3.8) is 0 Å². The lowest BCUT2D eigenvalue weighted by molar-refractivity contribution is 0.164. The summed E-state index contributed by atoms with van der Waals surface area (Å²) in [4.78, 5) is 0. The molecule has 0 aliphatic carbocycles. The molecule has 0 saturated carbocycles. The quantitative estimate of drug-likeness (QED) is 0.852. The highest BCUT2D eigenvalue weighted by molar-refractivity contribution is 5.45. The maximum atomic E-state index is 14.2. The topological polar surface area (TPSA) is 30.5 Å². The van der Waals surface area contributed by atoms with E-state index in [0.717, 1.165) is 19.4 Å². The minimum atomic E-state index is -0.254. The zero-order valence-electron chi connectivity index (χ0n) is 9.67. The lowest BCUT2D eigenvalue weighted by Crippen LogP contribution is -2.24. The van der Waals surface area contributed by atoms with Crippen LogP contribution in [0.2, 0.25) is 0 Å². The van der Waals surface area contributed by atoms with E-state index in [1.165, 1.54) is 6.42 Å². The highest BCUT2D eigenvalue weighted by Crippen LogP contribution is 2.35. The number of hydrogen-bond acceptors (Lipinski definition) is 3. The average molecular weight is 237 g/mol. The van der Waals surface area contributed by atoms with Gasteiger partial charge in [-0.15, -0.1) is 0 Å². The smallest absolute Gasteiger partial charge is 0.197 e. The first-order valence-corrected chi connectivity index (χ1v) is 6.15. The number of benzene rings is 1. The van der Waals surface area contributed by atoms with Gasteiger partial charge in [-0.05, 0) is 37.4 Å². The van der Waals surface area contributed by atoms with Crippen LogP contribution in [-0.2, 0) is 6.42 Å². The molecule has 92 valence electrons. The summed E-state index contributed by atoms with van der Waals surface area (Å²) in [5.41, 5.74) is 0.716. The van der Waals surface area contributed by atoms with Crippen molar-refractivity contribution in [3.8, 4) is 11.5 Å². The van der Waals surface area contributed by atoms with Gasteiger partial charge in [0.15, 0.2) is 17.3 Å². The van der Waals surface area contributed by atoms with Gasteiger partial charge in [0.2, 0.25) is 0 Å². The maximum Gasteiger partial charge on any atom is 0.197 e. The van der Waals surface area contributed by atoms with Crippen molar-refractivity contribution < 1.29 is 13.9 Å². The van der Waals surface area contributed by atoms with Crippen LogP contribution in [0.4, 0.5) is 4.39 Å². The summed E-state index contributed by atoms with van der Waals surface area (Å²) < 4.78 is 24.9. The van der Waals surface area contributed by atoms with Crippen LogP contribution in [0.1, 0.15) is 18.4 Å². The zero-order valence-corrected chi connectivity index (χ0v) is 9.67. The Balaban J connectivity index is 1.84. The number of ether oxygens (including phenoxy) is 2. The third-order valence-electron chi connectivity index (χ3n) is 3.36. The molecule has 1 aromatic carbocycles. The predicted octanol–water partition coefficient (Wildman–Crippen LogP) is 1.89. The van der Waals surface area contributed by atoms with Crippen molar-refractivity contribution >= 4 is 0 Å². The monoisotopic (exact) mass is 237 g/mol. The van der Waals surface area contributed by atoms with Gasteiger partial charge in [0.05, 0.1) is 0 Å². The van der Waals surface area contributed by atoms with E-state index < -0.39 is 0 Å². The van der Waals surface area contributed by atoms with Crippen molar-refractivity contribution in [2.24, 2.45) is 0 Å². The fraction of sp³-hybridized carbons (Fsp3) is 0.538. The summed E-state index contributed by atoms with van der Waals surface area (Å²) in [5.74, 6) is 0.555. The fourth-order valence-corrected chi connectivity index (χ4v) is 2.48. The van der Waals surface area contributed by atoms with Gasteiger partial charge in [-0.3, -0.25) is 0 Å². The number of hydrogen-bond donors (Lipinski definition) is 1. The minimum absolute atomic E-state index is 0.254. The molecule has 4 heteroatoms. The molecule has 2 aliphatic rings. The molecule has 0 radical (unpaired) electrons. The minimum Gasteiger partial charge on any atom is -0.486 e. The first kappa shape index (κ1) is 10.8. The molecular weight excluding hydrogens is 221 g/mol. The van der Waals surface area contributed by atoms with Crippen LogP contribution in [0.15, 0.2) is 12.1 Å². The first-order valence-electron chi connectivity index (χ1n) is 6.15. The van der Waals surface area contributed by atoms with Gasteiger partial charge in [0.25, 0.3) is 0 Å². The summed E-state index contributed by atoms with van der Waals surface area (Å²) in [6, 6.07) is 4.01. The van der Waals surface area contributed by atoms with Crippen LogP contribution in [0.25, 0.3) is 0 Å². The van der Waals surface area contributed by atoms with E-state index in [2.05, 4.69) is 5.32 Å². The second kappa shape index (κ2) is 4.53. The van der Waals surface area contributed by atoms with Crippen LogP contribution >= 0.6 is 0 Å². The number of rotatable bonds is 2. The van der Waals surface area contributed by atoms with Crippen molar-refractivity contribution in [1.29, 1.82) is 0 Å². The van der Waals surface area contributed by atoms with E-state index in [1.54, 1.807) is 0 Å². The molecule has 0 aromatic heterocycles. The summed E-state index contributed by atoms with van der Waals surface area (Å²) in [6.07, 6.45) is 3.02. The highest BCUT2D eigenvalue weighted by atomic mass is 19.1. The second-order valence-electron chi connectivity index (χ2n) is 4.56. The number of halogens is 1. The molecule has 1 N–H and O–H groups in total. The molecule has 1 fully saturated rings.